The lowest BCUT2D eigenvalue weighted by Crippen LogP contribution is -2.27. The molecule has 0 unspecified atom stereocenters. The zero-order valence-electron chi connectivity index (χ0n) is 12.5. The van der Waals surface area contributed by atoms with Crippen molar-refractivity contribution in [2.75, 3.05) is 0 Å². The summed E-state index contributed by atoms with van der Waals surface area (Å²) in [4.78, 5) is 0. The van der Waals surface area contributed by atoms with Gasteiger partial charge in [0.15, 0.2) is 0 Å². The Labute approximate surface area is 129 Å². The van der Waals surface area contributed by atoms with E-state index in [0.29, 0.717) is 12.2 Å². The summed E-state index contributed by atoms with van der Waals surface area (Å²) in [6, 6.07) is 7.98. The number of halogens is 1. The second kappa shape index (κ2) is 5.42. The van der Waals surface area contributed by atoms with Crippen LogP contribution in [0, 0.1) is 6.92 Å². The molecule has 1 heterocycles. The second-order valence-corrected chi connectivity index (χ2v) is 8.47. The number of hydrogen-bond donors (Lipinski definition) is 0. The highest BCUT2D eigenvalue weighted by Crippen LogP contribution is 2.25. The quantitative estimate of drug-likeness (QED) is 0.813. The molecule has 0 atom stereocenters. The fourth-order valence-corrected chi connectivity index (χ4v) is 3.29. The lowest BCUT2D eigenvalue weighted by molar-refractivity contribution is 0.352. The van der Waals surface area contributed by atoms with E-state index in [9.17, 15) is 8.42 Å². The van der Waals surface area contributed by atoms with Crippen molar-refractivity contribution in [3.05, 3.63) is 41.2 Å². The van der Waals surface area contributed by atoms with Gasteiger partial charge in [-0.1, -0.05) is 29.8 Å². The van der Waals surface area contributed by atoms with Crippen molar-refractivity contribution in [2.45, 2.75) is 44.8 Å². The van der Waals surface area contributed by atoms with E-state index in [0.717, 1.165) is 11.1 Å². The summed E-state index contributed by atoms with van der Waals surface area (Å²) in [5.41, 5.74) is 1.70. The summed E-state index contributed by atoms with van der Waals surface area (Å²) in [6.45, 7) is 7.68. The lowest BCUT2D eigenvalue weighted by Gasteiger charge is -2.24. The average molecular weight is 328 g/mol. The first-order valence-corrected chi connectivity index (χ1v) is 8.85. The van der Waals surface area contributed by atoms with Crippen LogP contribution >= 0.6 is 10.7 Å². The zero-order valence-corrected chi connectivity index (χ0v) is 14.0. The standard InChI is InChI=1S/C14H18ClN3O2S/c1-10-6-5-7-11(8-10)9-12-16-17-13(21(15,19)20)18(12)14(2,3)4/h5-8H,9H2,1-4H3. The molecular formula is C14H18ClN3O2S. The van der Waals surface area contributed by atoms with Gasteiger partial charge in [-0.3, -0.25) is 4.57 Å². The SMILES string of the molecule is Cc1cccc(Cc2nnc(S(=O)(=O)Cl)n2C(C)(C)C)c1. The van der Waals surface area contributed by atoms with Crippen molar-refractivity contribution in [3.63, 3.8) is 0 Å². The zero-order chi connectivity index (χ0) is 15.8. The average Bonchev–Trinajstić information content (AvgIpc) is 2.72. The van der Waals surface area contributed by atoms with Crippen molar-refractivity contribution in [1.29, 1.82) is 0 Å². The molecular weight excluding hydrogens is 310 g/mol. The number of aryl methyl sites for hydroxylation is 1. The van der Waals surface area contributed by atoms with Gasteiger partial charge in [0.25, 0.3) is 14.2 Å². The molecule has 1 aromatic carbocycles. The van der Waals surface area contributed by atoms with Gasteiger partial charge in [-0.15, -0.1) is 10.2 Å². The minimum absolute atomic E-state index is 0.209. The second-order valence-electron chi connectivity index (χ2n) is 6.01. The van der Waals surface area contributed by atoms with Crippen LogP contribution in [0.25, 0.3) is 0 Å². The molecule has 0 bridgehead atoms. The molecule has 114 valence electrons. The van der Waals surface area contributed by atoms with E-state index < -0.39 is 14.6 Å². The first kappa shape index (κ1) is 16.0. The van der Waals surface area contributed by atoms with Gasteiger partial charge >= 0.3 is 0 Å². The van der Waals surface area contributed by atoms with E-state index in [4.69, 9.17) is 10.7 Å². The molecule has 1 aromatic heterocycles. The van der Waals surface area contributed by atoms with E-state index in [-0.39, 0.29) is 5.16 Å². The van der Waals surface area contributed by atoms with Crippen LogP contribution in [0.3, 0.4) is 0 Å². The predicted octanol–water partition coefficient (Wildman–Crippen LogP) is 2.86. The number of nitrogens with zero attached hydrogens (tertiary/aromatic N) is 3. The summed E-state index contributed by atoms with van der Waals surface area (Å²) < 4.78 is 24.9. The topological polar surface area (TPSA) is 64.8 Å². The Morgan fingerprint density at radius 3 is 2.43 bits per heavy atom. The van der Waals surface area contributed by atoms with Crippen LogP contribution in [0.2, 0.25) is 0 Å². The molecule has 0 amide bonds. The summed E-state index contributed by atoms with van der Waals surface area (Å²) in [5.74, 6) is 0.576. The predicted molar refractivity (Wildman–Crippen MR) is 82.0 cm³/mol. The van der Waals surface area contributed by atoms with Gasteiger partial charge in [-0.2, -0.15) is 0 Å². The maximum absolute atomic E-state index is 11.7. The molecule has 0 saturated heterocycles. The third-order valence-electron chi connectivity index (χ3n) is 3.03. The highest BCUT2D eigenvalue weighted by Gasteiger charge is 2.29. The van der Waals surface area contributed by atoms with E-state index >= 15 is 0 Å². The fraction of sp³-hybridized carbons (Fsp3) is 0.429. The lowest BCUT2D eigenvalue weighted by atomic mass is 10.1. The van der Waals surface area contributed by atoms with Gasteiger partial charge in [0.2, 0.25) is 0 Å². The molecule has 5 nitrogen and oxygen atoms in total. The summed E-state index contributed by atoms with van der Waals surface area (Å²) in [5, 5.41) is 7.58. The maximum Gasteiger partial charge on any atom is 0.296 e. The summed E-state index contributed by atoms with van der Waals surface area (Å²) in [7, 11) is 1.53. The molecule has 0 aliphatic heterocycles. The Bertz CT molecular complexity index is 761. The van der Waals surface area contributed by atoms with Crippen LogP contribution in [-0.4, -0.2) is 23.2 Å². The van der Waals surface area contributed by atoms with Gasteiger partial charge < -0.3 is 0 Å². The molecule has 0 saturated carbocycles. The monoisotopic (exact) mass is 327 g/mol. The molecule has 0 radical (unpaired) electrons. The first-order chi connectivity index (χ1) is 9.59. The van der Waals surface area contributed by atoms with Gasteiger partial charge in [0.1, 0.15) is 5.82 Å². The number of hydrogen-bond acceptors (Lipinski definition) is 4. The third-order valence-corrected chi connectivity index (χ3v) is 4.15. The molecule has 0 N–H and O–H groups in total. The Morgan fingerprint density at radius 1 is 1.24 bits per heavy atom. The maximum atomic E-state index is 11.7. The van der Waals surface area contributed by atoms with Gasteiger partial charge in [-0.05, 0) is 33.3 Å². The fourth-order valence-electron chi connectivity index (χ4n) is 2.25. The Kier molecular flexibility index (Phi) is 4.13. The molecule has 0 aliphatic carbocycles. The van der Waals surface area contributed by atoms with Gasteiger partial charge in [-0.25, -0.2) is 8.42 Å². The molecule has 7 heteroatoms. The minimum Gasteiger partial charge on any atom is -0.295 e. The number of aromatic nitrogens is 3. The summed E-state index contributed by atoms with van der Waals surface area (Å²) in [6.07, 6.45) is 0.498. The molecule has 21 heavy (non-hydrogen) atoms. The Morgan fingerprint density at radius 2 is 1.90 bits per heavy atom. The molecule has 0 spiro atoms. The van der Waals surface area contributed by atoms with Crippen LogP contribution in [-0.2, 0) is 21.0 Å². The molecule has 2 aromatic rings. The van der Waals surface area contributed by atoms with Crippen molar-refractivity contribution in [1.82, 2.24) is 14.8 Å². The number of rotatable bonds is 3. The van der Waals surface area contributed by atoms with Crippen molar-refractivity contribution < 1.29 is 8.42 Å². The van der Waals surface area contributed by atoms with E-state index in [2.05, 4.69) is 10.2 Å². The van der Waals surface area contributed by atoms with Gasteiger partial charge in [0, 0.05) is 22.6 Å². The largest absolute Gasteiger partial charge is 0.296 e. The molecule has 2 rings (SSSR count). The van der Waals surface area contributed by atoms with Crippen molar-refractivity contribution in [2.24, 2.45) is 0 Å². The van der Waals surface area contributed by atoms with Crippen molar-refractivity contribution >= 4 is 19.7 Å². The highest BCUT2D eigenvalue weighted by molar-refractivity contribution is 8.13. The van der Waals surface area contributed by atoms with Crippen molar-refractivity contribution in [3.8, 4) is 0 Å². The molecule has 0 aliphatic rings. The Balaban J connectivity index is 2.53. The van der Waals surface area contributed by atoms with Crippen LogP contribution < -0.4 is 0 Å². The molecule has 0 fully saturated rings. The minimum atomic E-state index is -3.93. The number of benzene rings is 1. The third kappa shape index (κ3) is 3.63. The summed E-state index contributed by atoms with van der Waals surface area (Å²) >= 11 is 0. The van der Waals surface area contributed by atoms with E-state index in [1.54, 1.807) is 4.57 Å². The van der Waals surface area contributed by atoms with E-state index in [1.807, 2.05) is 52.0 Å². The van der Waals surface area contributed by atoms with Crippen LogP contribution in [0.15, 0.2) is 29.4 Å². The van der Waals surface area contributed by atoms with E-state index in [1.165, 1.54) is 0 Å². The van der Waals surface area contributed by atoms with Crippen LogP contribution in [0.4, 0.5) is 0 Å². The Hall–Kier alpha value is -1.40. The van der Waals surface area contributed by atoms with Crippen LogP contribution in [0.5, 0.6) is 0 Å². The van der Waals surface area contributed by atoms with Gasteiger partial charge in [0.05, 0.1) is 0 Å². The first-order valence-electron chi connectivity index (χ1n) is 6.54. The smallest absolute Gasteiger partial charge is 0.295 e. The normalized spacial score (nSPS) is 12.6. The highest BCUT2D eigenvalue weighted by atomic mass is 35.7. The van der Waals surface area contributed by atoms with Crippen LogP contribution in [0.1, 0.15) is 37.7 Å².